The zero-order valence-electron chi connectivity index (χ0n) is 11.7. The maximum atomic E-state index is 3.72. The van der Waals surface area contributed by atoms with Crippen LogP contribution in [0.4, 0.5) is 5.69 Å². The van der Waals surface area contributed by atoms with Crippen molar-refractivity contribution in [1.29, 1.82) is 0 Å². The fourth-order valence-electron chi connectivity index (χ4n) is 2.91. The number of anilines is 1. The Labute approximate surface area is 119 Å². The van der Waals surface area contributed by atoms with Gasteiger partial charge in [0.15, 0.2) is 0 Å². The van der Waals surface area contributed by atoms with Crippen LogP contribution in [0.15, 0.2) is 22.7 Å². The van der Waals surface area contributed by atoms with Crippen molar-refractivity contribution >= 4 is 21.6 Å². The van der Waals surface area contributed by atoms with Crippen LogP contribution in [0.25, 0.3) is 0 Å². The minimum absolute atomic E-state index is 0.660. The van der Waals surface area contributed by atoms with Crippen molar-refractivity contribution < 1.29 is 0 Å². The molecule has 0 atom stereocenters. The molecule has 1 aliphatic carbocycles. The number of halogens is 1. The van der Waals surface area contributed by atoms with Gasteiger partial charge in [0.2, 0.25) is 0 Å². The molecule has 18 heavy (non-hydrogen) atoms. The van der Waals surface area contributed by atoms with Crippen molar-refractivity contribution in [2.24, 2.45) is 11.8 Å². The molecule has 2 rings (SSSR count). The van der Waals surface area contributed by atoms with Crippen LogP contribution in [-0.2, 0) is 0 Å². The summed E-state index contributed by atoms with van der Waals surface area (Å²) in [5.41, 5.74) is 2.61. The van der Waals surface area contributed by atoms with Crippen LogP contribution >= 0.6 is 15.9 Å². The number of hydrogen-bond acceptors (Lipinski definition) is 1. The highest BCUT2D eigenvalue weighted by Gasteiger charge is 2.23. The second-order valence-electron chi connectivity index (χ2n) is 5.91. The first-order valence-corrected chi connectivity index (χ1v) is 7.89. The number of benzene rings is 1. The summed E-state index contributed by atoms with van der Waals surface area (Å²) >= 11 is 3.60. The third kappa shape index (κ3) is 3.28. The molecule has 1 aromatic carbocycles. The monoisotopic (exact) mass is 309 g/mol. The van der Waals surface area contributed by atoms with Crippen molar-refractivity contribution in [3.63, 3.8) is 0 Å². The molecule has 2 heteroatoms. The van der Waals surface area contributed by atoms with E-state index >= 15 is 0 Å². The van der Waals surface area contributed by atoms with Gasteiger partial charge in [-0.25, -0.2) is 0 Å². The molecular formula is C16H24BrN. The van der Waals surface area contributed by atoms with E-state index in [9.17, 15) is 0 Å². The van der Waals surface area contributed by atoms with Crippen molar-refractivity contribution in [2.75, 3.05) is 5.32 Å². The zero-order valence-corrected chi connectivity index (χ0v) is 13.3. The Hall–Kier alpha value is -0.500. The van der Waals surface area contributed by atoms with Crippen LogP contribution in [0.1, 0.15) is 45.1 Å². The van der Waals surface area contributed by atoms with E-state index in [1.165, 1.54) is 41.4 Å². The van der Waals surface area contributed by atoms with E-state index in [0.717, 1.165) is 11.8 Å². The van der Waals surface area contributed by atoms with E-state index in [1.54, 1.807) is 0 Å². The summed E-state index contributed by atoms with van der Waals surface area (Å²) in [5, 5.41) is 3.72. The van der Waals surface area contributed by atoms with E-state index < -0.39 is 0 Å². The van der Waals surface area contributed by atoms with Crippen molar-refractivity contribution in [1.82, 2.24) is 0 Å². The maximum absolute atomic E-state index is 3.72. The molecule has 100 valence electrons. The first kappa shape index (κ1) is 13.9. The lowest BCUT2D eigenvalue weighted by Crippen LogP contribution is -2.28. The summed E-state index contributed by atoms with van der Waals surface area (Å²) in [6.45, 7) is 6.89. The Balaban J connectivity index is 1.94. The van der Waals surface area contributed by atoms with Gasteiger partial charge in [0.25, 0.3) is 0 Å². The maximum Gasteiger partial charge on any atom is 0.0383 e. The van der Waals surface area contributed by atoms with Gasteiger partial charge in [-0.3, -0.25) is 0 Å². The fraction of sp³-hybridized carbons (Fsp3) is 0.625. The van der Waals surface area contributed by atoms with Crippen molar-refractivity contribution in [3.05, 3.63) is 28.2 Å². The van der Waals surface area contributed by atoms with Gasteiger partial charge >= 0.3 is 0 Å². The highest BCUT2D eigenvalue weighted by molar-refractivity contribution is 9.10. The van der Waals surface area contributed by atoms with Gasteiger partial charge in [-0.2, -0.15) is 0 Å². The Kier molecular flexibility index (Phi) is 4.71. The Morgan fingerprint density at radius 2 is 1.83 bits per heavy atom. The molecule has 0 aliphatic heterocycles. The van der Waals surface area contributed by atoms with E-state index in [2.05, 4.69) is 60.2 Å². The van der Waals surface area contributed by atoms with E-state index in [4.69, 9.17) is 0 Å². The molecule has 0 bridgehead atoms. The molecule has 1 fully saturated rings. The summed E-state index contributed by atoms with van der Waals surface area (Å²) < 4.78 is 1.20. The molecule has 0 spiro atoms. The zero-order chi connectivity index (χ0) is 13.1. The SMILES string of the molecule is Cc1c(Br)cccc1NC1CCC(C(C)C)CC1. The minimum Gasteiger partial charge on any atom is -0.382 e. The number of hydrogen-bond donors (Lipinski definition) is 1. The van der Waals surface area contributed by atoms with Crippen LogP contribution in [0, 0.1) is 18.8 Å². The third-order valence-corrected chi connectivity index (χ3v) is 5.20. The molecule has 0 heterocycles. The van der Waals surface area contributed by atoms with Gasteiger partial charge in [-0.15, -0.1) is 0 Å². The lowest BCUT2D eigenvalue weighted by molar-refractivity contribution is 0.267. The highest BCUT2D eigenvalue weighted by atomic mass is 79.9. The molecule has 1 saturated carbocycles. The molecular weight excluding hydrogens is 286 g/mol. The van der Waals surface area contributed by atoms with Crippen LogP contribution in [0.2, 0.25) is 0 Å². The second-order valence-corrected chi connectivity index (χ2v) is 6.77. The van der Waals surface area contributed by atoms with Gasteiger partial charge in [0, 0.05) is 16.2 Å². The van der Waals surface area contributed by atoms with Crippen molar-refractivity contribution in [3.8, 4) is 0 Å². The summed E-state index contributed by atoms with van der Waals surface area (Å²) in [5.74, 6) is 1.78. The van der Waals surface area contributed by atoms with E-state index in [0.29, 0.717) is 6.04 Å². The molecule has 1 nitrogen and oxygen atoms in total. The minimum atomic E-state index is 0.660. The van der Waals surface area contributed by atoms with Gasteiger partial charge < -0.3 is 5.32 Å². The quantitative estimate of drug-likeness (QED) is 0.790. The van der Waals surface area contributed by atoms with Gasteiger partial charge in [-0.05, 0) is 62.1 Å². The average Bonchev–Trinajstić information content (AvgIpc) is 2.36. The second kappa shape index (κ2) is 6.10. The topological polar surface area (TPSA) is 12.0 Å². The lowest BCUT2D eigenvalue weighted by Gasteiger charge is -2.32. The molecule has 0 amide bonds. The Bertz CT molecular complexity index is 392. The van der Waals surface area contributed by atoms with Crippen LogP contribution in [0.3, 0.4) is 0 Å². The van der Waals surface area contributed by atoms with E-state index in [1.807, 2.05) is 0 Å². The predicted octanol–water partition coefficient (Wildman–Crippen LogP) is 5.38. The third-order valence-electron chi connectivity index (χ3n) is 4.34. The first-order chi connectivity index (χ1) is 8.58. The smallest absolute Gasteiger partial charge is 0.0383 e. The van der Waals surface area contributed by atoms with Crippen LogP contribution in [-0.4, -0.2) is 6.04 Å². The number of nitrogens with one attached hydrogen (secondary N) is 1. The first-order valence-electron chi connectivity index (χ1n) is 7.09. The summed E-state index contributed by atoms with van der Waals surface area (Å²) in [4.78, 5) is 0. The summed E-state index contributed by atoms with van der Waals surface area (Å²) in [6, 6.07) is 7.07. The van der Waals surface area contributed by atoms with Gasteiger partial charge in [0.05, 0.1) is 0 Å². The van der Waals surface area contributed by atoms with Gasteiger partial charge in [0.1, 0.15) is 0 Å². The summed E-state index contributed by atoms with van der Waals surface area (Å²) in [7, 11) is 0. The normalized spacial score (nSPS) is 24.3. The Morgan fingerprint density at radius 3 is 2.44 bits per heavy atom. The Morgan fingerprint density at radius 1 is 1.17 bits per heavy atom. The van der Waals surface area contributed by atoms with Crippen molar-refractivity contribution in [2.45, 2.75) is 52.5 Å². The van der Waals surface area contributed by atoms with E-state index in [-0.39, 0.29) is 0 Å². The van der Waals surface area contributed by atoms with Crippen LogP contribution in [0.5, 0.6) is 0 Å². The largest absolute Gasteiger partial charge is 0.382 e. The molecule has 0 saturated heterocycles. The molecule has 0 radical (unpaired) electrons. The average molecular weight is 310 g/mol. The summed E-state index contributed by atoms with van der Waals surface area (Å²) in [6.07, 6.45) is 5.38. The molecule has 0 unspecified atom stereocenters. The fourth-order valence-corrected chi connectivity index (χ4v) is 3.28. The lowest BCUT2D eigenvalue weighted by atomic mass is 9.79. The molecule has 1 N–H and O–H groups in total. The molecule has 0 aromatic heterocycles. The van der Waals surface area contributed by atoms with Crippen LogP contribution < -0.4 is 5.32 Å². The molecule has 1 aromatic rings. The molecule has 1 aliphatic rings. The standard InChI is InChI=1S/C16H24BrN/c1-11(2)13-7-9-14(10-8-13)18-16-6-4-5-15(17)12(16)3/h4-6,11,13-14,18H,7-10H2,1-3H3. The van der Waals surface area contributed by atoms with Gasteiger partial charge in [-0.1, -0.05) is 35.8 Å². The number of rotatable bonds is 3. The predicted molar refractivity (Wildman–Crippen MR) is 83.1 cm³/mol. The highest BCUT2D eigenvalue weighted by Crippen LogP contribution is 2.32.